The average Bonchev–Trinajstić information content (AvgIpc) is 3.29. The molecule has 1 aliphatic carbocycles. The molecule has 134 valence electrons. The molecule has 1 N–H and O–H groups in total. The second-order valence-corrected chi connectivity index (χ2v) is 7.00. The first kappa shape index (κ1) is 16.8. The number of carbonyl (C=O) groups excluding carboxylic acids is 1. The Morgan fingerprint density at radius 2 is 1.92 bits per heavy atom. The number of nitrogens with one attached hydrogen (secondary N) is 1. The van der Waals surface area contributed by atoms with E-state index < -0.39 is 5.41 Å². The summed E-state index contributed by atoms with van der Waals surface area (Å²) in [5.74, 6) is -0.223. The first-order valence-electron chi connectivity index (χ1n) is 9.14. The van der Waals surface area contributed by atoms with E-state index in [1.807, 2.05) is 35.0 Å². The molecular weight excluding hydrogens is 329 g/mol. The number of fused-ring (bicyclic) bond motifs is 1. The molecule has 0 spiro atoms. The minimum atomic E-state index is -0.521. The number of rotatable bonds is 5. The molecule has 1 saturated carbocycles. The van der Waals surface area contributed by atoms with Gasteiger partial charge < -0.3 is 9.72 Å². The SMILES string of the molecule is O=C(NCCc1cn2ccccc2n1)C1(c2ccc(F)cc2)CCCC1. The van der Waals surface area contributed by atoms with E-state index in [-0.39, 0.29) is 11.7 Å². The number of hydrogen-bond donors (Lipinski definition) is 1. The molecule has 0 atom stereocenters. The van der Waals surface area contributed by atoms with Crippen molar-refractivity contribution >= 4 is 11.6 Å². The van der Waals surface area contributed by atoms with Crippen LogP contribution < -0.4 is 5.32 Å². The number of nitrogens with zero attached hydrogens (tertiary/aromatic N) is 2. The third kappa shape index (κ3) is 3.09. The fourth-order valence-corrected chi connectivity index (χ4v) is 3.98. The van der Waals surface area contributed by atoms with Crippen LogP contribution in [0.15, 0.2) is 54.9 Å². The Morgan fingerprint density at radius 1 is 1.15 bits per heavy atom. The minimum absolute atomic E-state index is 0.0466. The Bertz CT molecular complexity index is 877. The van der Waals surface area contributed by atoms with E-state index >= 15 is 0 Å². The van der Waals surface area contributed by atoms with E-state index in [4.69, 9.17) is 0 Å². The molecule has 3 aromatic rings. The van der Waals surface area contributed by atoms with Crippen LogP contribution in [-0.2, 0) is 16.6 Å². The predicted octanol–water partition coefficient (Wildman–Crippen LogP) is 3.64. The summed E-state index contributed by atoms with van der Waals surface area (Å²) in [6.07, 6.45) is 8.33. The van der Waals surface area contributed by atoms with Crippen LogP contribution in [0.3, 0.4) is 0 Å². The molecule has 26 heavy (non-hydrogen) atoms. The van der Waals surface area contributed by atoms with Gasteiger partial charge in [-0.25, -0.2) is 9.37 Å². The van der Waals surface area contributed by atoms with Crippen LogP contribution in [0, 0.1) is 5.82 Å². The number of imidazole rings is 1. The van der Waals surface area contributed by atoms with Crippen molar-refractivity contribution < 1.29 is 9.18 Å². The van der Waals surface area contributed by atoms with E-state index in [9.17, 15) is 9.18 Å². The van der Waals surface area contributed by atoms with Crippen LogP contribution in [0.25, 0.3) is 5.65 Å². The predicted molar refractivity (Wildman–Crippen MR) is 98.5 cm³/mol. The number of amides is 1. The lowest BCUT2D eigenvalue weighted by molar-refractivity contribution is -0.126. The summed E-state index contributed by atoms with van der Waals surface area (Å²) in [5.41, 5.74) is 2.26. The summed E-state index contributed by atoms with van der Waals surface area (Å²) in [5, 5.41) is 3.09. The number of benzene rings is 1. The zero-order chi connectivity index (χ0) is 18.0. The number of halogens is 1. The highest BCUT2D eigenvalue weighted by Crippen LogP contribution is 2.41. The van der Waals surface area contributed by atoms with Crippen molar-refractivity contribution in [3.8, 4) is 0 Å². The molecular formula is C21H22FN3O. The number of pyridine rings is 1. The van der Waals surface area contributed by atoms with Crippen molar-refractivity contribution in [2.24, 2.45) is 0 Å². The smallest absolute Gasteiger partial charge is 0.230 e. The lowest BCUT2D eigenvalue weighted by Crippen LogP contribution is -2.43. The highest BCUT2D eigenvalue weighted by molar-refractivity contribution is 5.88. The monoisotopic (exact) mass is 351 g/mol. The maximum absolute atomic E-state index is 13.3. The highest BCUT2D eigenvalue weighted by Gasteiger charge is 2.42. The van der Waals surface area contributed by atoms with Crippen molar-refractivity contribution in [3.05, 3.63) is 71.9 Å². The van der Waals surface area contributed by atoms with E-state index in [1.165, 1.54) is 12.1 Å². The minimum Gasteiger partial charge on any atom is -0.355 e. The molecule has 4 rings (SSSR count). The largest absolute Gasteiger partial charge is 0.355 e. The molecule has 2 aromatic heterocycles. The van der Waals surface area contributed by atoms with Crippen molar-refractivity contribution in [1.82, 2.24) is 14.7 Å². The zero-order valence-corrected chi connectivity index (χ0v) is 14.6. The van der Waals surface area contributed by atoms with Gasteiger partial charge in [-0.1, -0.05) is 31.0 Å². The van der Waals surface area contributed by atoms with Crippen LogP contribution in [0.2, 0.25) is 0 Å². The molecule has 1 aliphatic rings. The van der Waals surface area contributed by atoms with Gasteiger partial charge in [-0.3, -0.25) is 4.79 Å². The van der Waals surface area contributed by atoms with Gasteiger partial charge in [-0.05, 0) is 42.7 Å². The van der Waals surface area contributed by atoms with E-state index in [1.54, 1.807) is 12.1 Å². The van der Waals surface area contributed by atoms with E-state index in [2.05, 4.69) is 10.3 Å². The normalized spacial score (nSPS) is 16.0. The quantitative estimate of drug-likeness (QED) is 0.763. The maximum atomic E-state index is 13.3. The van der Waals surface area contributed by atoms with E-state index in [0.29, 0.717) is 13.0 Å². The topological polar surface area (TPSA) is 46.4 Å². The molecule has 0 aliphatic heterocycles. The second-order valence-electron chi connectivity index (χ2n) is 7.00. The Morgan fingerprint density at radius 3 is 2.65 bits per heavy atom. The molecule has 0 bridgehead atoms. The van der Waals surface area contributed by atoms with Gasteiger partial charge in [0.2, 0.25) is 5.91 Å². The van der Waals surface area contributed by atoms with Crippen LogP contribution in [0.5, 0.6) is 0 Å². The van der Waals surface area contributed by atoms with Gasteiger partial charge in [-0.2, -0.15) is 0 Å². The summed E-state index contributed by atoms with van der Waals surface area (Å²) >= 11 is 0. The molecule has 2 heterocycles. The molecule has 1 fully saturated rings. The van der Waals surface area contributed by atoms with Gasteiger partial charge >= 0.3 is 0 Å². The van der Waals surface area contributed by atoms with Crippen molar-refractivity contribution in [3.63, 3.8) is 0 Å². The first-order chi connectivity index (χ1) is 12.7. The summed E-state index contributed by atoms with van der Waals surface area (Å²) in [6, 6.07) is 12.3. The lowest BCUT2D eigenvalue weighted by atomic mass is 9.78. The molecule has 0 unspecified atom stereocenters. The van der Waals surface area contributed by atoms with Crippen LogP contribution in [-0.4, -0.2) is 21.8 Å². The number of aromatic nitrogens is 2. The van der Waals surface area contributed by atoms with Gasteiger partial charge in [0.15, 0.2) is 0 Å². The lowest BCUT2D eigenvalue weighted by Gasteiger charge is -2.28. The second kappa shape index (κ2) is 6.90. The molecule has 4 nitrogen and oxygen atoms in total. The summed E-state index contributed by atoms with van der Waals surface area (Å²) in [6.45, 7) is 0.547. The van der Waals surface area contributed by atoms with Gasteiger partial charge in [-0.15, -0.1) is 0 Å². The fourth-order valence-electron chi connectivity index (χ4n) is 3.98. The van der Waals surface area contributed by atoms with Crippen molar-refractivity contribution in [2.45, 2.75) is 37.5 Å². The Kier molecular flexibility index (Phi) is 4.45. The third-order valence-corrected chi connectivity index (χ3v) is 5.37. The van der Waals surface area contributed by atoms with Gasteiger partial charge in [0.25, 0.3) is 0 Å². The average molecular weight is 351 g/mol. The summed E-state index contributed by atoms with van der Waals surface area (Å²) < 4.78 is 15.2. The molecule has 5 heteroatoms. The molecule has 1 amide bonds. The maximum Gasteiger partial charge on any atom is 0.230 e. The number of carbonyl (C=O) groups is 1. The number of hydrogen-bond acceptors (Lipinski definition) is 2. The van der Waals surface area contributed by atoms with Crippen LogP contribution in [0.1, 0.15) is 36.9 Å². The fraction of sp³-hybridized carbons (Fsp3) is 0.333. The zero-order valence-electron chi connectivity index (χ0n) is 14.6. The molecule has 1 aromatic carbocycles. The van der Waals surface area contributed by atoms with E-state index in [0.717, 1.165) is 42.6 Å². The molecule has 0 saturated heterocycles. The highest BCUT2D eigenvalue weighted by atomic mass is 19.1. The summed E-state index contributed by atoms with van der Waals surface area (Å²) in [7, 11) is 0. The summed E-state index contributed by atoms with van der Waals surface area (Å²) in [4.78, 5) is 17.5. The Balaban J connectivity index is 1.44. The van der Waals surface area contributed by atoms with Crippen LogP contribution in [0.4, 0.5) is 4.39 Å². The first-order valence-corrected chi connectivity index (χ1v) is 9.14. The van der Waals surface area contributed by atoms with Crippen LogP contribution >= 0.6 is 0 Å². The third-order valence-electron chi connectivity index (χ3n) is 5.37. The Hall–Kier alpha value is -2.69. The van der Waals surface area contributed by atoms with Gasteiger partial charge in [0.05, 0.1) is 11.1 Å². The molecule has 0 radical (unpaired) electrons. The van der Waals surface area contributed by atoms with Crippen molar-refractivity contribution in [2.75, 3.05) is 6.54 Å². The standard InChI is InChI=1S/C21H22FN3O/c22-17-8-6-16(7-9-17)21(11-2-3-12-21)20(26)23-13-10-18-15-25-14-4-1-5-19(25)24-18/h1,4-9,14-15H,2-3,10-13H2,(H,23,26). The van der Waals surface area contributed by atoms with Gasteiger partial charge in [0, 0.05) is 25.4 Å². The Labute approximate surface area is 152 Å². The van der Waals surface area contributed by atoms with Gasteiger partial charge in [0.1, 0.15) is 11.5 Å². The van der Waals surface area contributed by atoms with Crippen molar-refractivity contribution in [1.29, 1.82) is 0 Å².